The van der Waals surface area contributed by atoms with Gasteiger partial charge in [-0.25, -0.2) is 4.98 Å². The summed E-state index contributed by atoms with van der Waals surface area (Å²) in [4.78, 5) is 18.3. The fourth-order valence-electron chi connectivity index (χ4n) is 2.91. The average molecular weight is 284 g/mol. The van der Waals surface area contributed by atoms with Crippen LogP contribution in [0.1, 0.15) is 37.8 Å². The molecule has 0 bridgehead atoms. The van der Waals surface area contributed by atoms with Gasteiger partial charge in [0.1, 0.15) is 11.8 Å². The van der Waals surface area contributed by atoms with E-state index in [1.807, 2.05) is 12.1 Å². The Bertz CT molecular complexity index is 536. The quantitative estimate of drug-likeness (QED) is 0.919. The largest absolute Gasteiger partial charge is 0.370 e. The standard InChI is InChI=1S/C16H20N4O/c17-10-14-4-5-15(11-18-14)20-8-6-13(7-9-20)19-16(21)12-2-1-3-12/h4-5,11-13H,1-3,6-9H2,(H,19,21). The fraction of sp³-hybridized carbons (Fsp3) is 0.562. The lowest BCUT2D eigenvalue weighted by Gasteiger charge is -2.35. The molecule has 1 N–H and O–H groups in total. The van der Waals surface area contributed by atoms with Gasteiger partial charge in [-0.1, -0.05) is 6.42 Å². The van der Waals surface area contributed by atoms with E-state index in [0.29, 0.717) is 11.7 Å². The molecule has 2 heterocycles. The number of carbonyl (C=O) groups is 1. The van der Waals surface area contributed by atoms with E-state index in [2.05, 4.69) is 15.2 Å². The maximum atomic E-state index is 12.0. The minimum Gasteiger partial charge on any atom is -0.370 e. The molecule has 0 radical (unpaired) electrons. The Morgan fingerprint density at radius 3 is 2.57 bits per heavy atom. The summed E-state index contributed by atoms with van der Waals surface area (Å²) < 4.78 is 0. The van der Waals surface area contributed by atoms with Crippen molar-refractivity contribution in [3.63, 3.8) is 0 Å². The highest BCUT2D eigenvalue weighted by molar-refractivity contribution is 5.79. The van der Waals surface area contributed by atoms with Crippen molar-refractivity contribution in [2.75, 3.05) is 18.0 Å². The summed E-state index contributed by atoms with van der Waals surface area (Å²) in [5, 5.41) is 11.9. The molecule has 0 aromatic carbocycles. The molecule has 0 atom stereocenters. The normalized spacial score (nSPS) is 19.7. The lowest BCUT2D eigenvalue weighted by Crippen LogP contribution is -2.47. The van der Waals surface area contributed by atoms with Crippen LogP contribution < -0.4 is 10.2 Å². The van der Waals surface area contributed by atoms with Gasteiger partial charge in [0.25, 0.3) is 0 Å². The number of nitriles is 1. The van der Waals surface area contributed by atoms with Gasteiger partial charge in [0, 0.05) is 25.0 Å². The molecular weight excluding hydrogens is 264 g/mol. The third-order valence-electron chi connectivity index (χ3n) is 4.54. The molecule has 1 aromatic heterocycles. The van der Waals surface area contributed by atoms with E-state index in [9.17, 15) is 4.79 Å². The van der Waals surface area contributed by atoms with E-state index in [1.54, 1.807) is 12.3 Å². The van der Waals surface area contributed by atoms with Crippen LogP contribution >= 0.6 is 0 Å². The Morgan fingerprint density at radius 1 is 1.29 bits per heavy atom. The van der Waals surface area contributed by atoms with E-state index in [0.717, 1.165) is 44.5 Å². The number of hydrogen-bond donors (Lipinski definition) is 1. The Balaban J connectivity index is 1.50. The topological polar surface area (TPSA) is 69.0 Å². The maximum Gasteiger partial charge on any atom is 0.223 e. The molecule has 21 heavy (non-hydrogen) atoms. The number of rotatable bonds is 3. The number of nitrogens with one attached hydrogen (secondary N) is 1. The molecule has 0 spiro atoms. The van der Waals surface area contributed by atoms with Crippen LogP contribution in [-0.4, -0.2) is 30.0 Å². The predicted molar refractivity (Wildman–Crippen MR) is 79.7 cm³/mol. The van der Waals surface area contributed by atoms with Crippen LogP contribution in [0.5, 0.6) is 0 Å². The van der Waals surface area contributed by atoms with Gasteiger partial charge in [0.15, 0.2) is 0 Å². The van der Waals surface area contributed by atoms with Gasteiger partial charge in [0.05, 0.1) is 11.9 Å². The number of carbonyl (C=O) groups excluding carboxylic acids is 1. The summed E-state index contributed by atoms with van der Waals surface area (Å²) >= 11 is 0. The summed E-state index contributed by atoms with van der Waals surface area (Å²) in [7, 11) is 0. The third-order valence-corrected chi connectivity index (χ3v) is 4.54. The van der Waals surface area contributed by atoms with Crippen molar-refractivity contribution >= 4 is 11.6 Å². The summed E-state index contributed by atoms with van der Waals surface area (Å²) in [5.74, 6) is 0.519. The molecule has 110 valence electrons. The SMILES string of the molecule is N#Cc1ccc(N2CCC(NC(=O)C3CCC3)CC2)cn1. The zero-order chi connectivity index (χ0) is 14.7. The van der Waals surface area contributed by atoms with Gasteiger partial charge in [0.2, 0.25) is 5.91 Å². The monoisotopic (exact) mass is 284 g/mol. The third kappa shape index (κ3) is 3.15. The first-order valence-corrected chi connectivity index (χ1v) is 7.68. The highest BCUT2D eigenvalue weighted by Gasteiger charge is 2.28. The highest BCUT2D eigenvalue weighted by Crippen LogP contribution is 2.27. The molecule has 1 aliphatic heterocycles. The first kappa shape index (κ1) is 13.9. The minimum absolute atomic E-state index is 0.250. The highest BCUT2D eigenvalue weighted by atomic mass is 16.2. The number of piperidine rings is 1. The summed E-state index contributed by atoms with van der Waals surface area (Å²) in [5.41, 5.74) is 1.50. The summed E-state index contributed by atoms with van der Waals surface area (Å²) in [6.45, 7) is 1.84. The second-order valence-electron chi connectivity index (χ2n) is 5.91. The molecule has 1 saturated carbocycles. The minimum atomic E-state index is 0.250. The van der Waals surface area contributed by atoms with Gasteiger partial charge in [-0.15, -0.1) is 0 Å². The first-order valence-electron chi connectivity index (χ1n) is 7.68. The number of anilines is 1. The number of pyridine rings is 1. The fourth-order valence-corrected chi connectivity index (χ4v) is 2.91. The van der Waals surface area contributed by atoms with Crippen LogP contribution in [0.2, 0.25) is 0 Å². The van der Waals surface area contributed by atoms with Crippen molar-refractivity contribution in [3.8, 4) is 6.07 Å². The zero-order valence-electron chi connectivity index (χ0n) is 12.1. The van der Waals surface area contributed by atoms with Gasteiger partial charge in [-0.05, 0) is 37.8 Å². The van der Waals surface area contributed by atoms with Crippen LogP contribution in [0.15, 0.2) is 18.3 Å². The molecule has 1 amide bonds. The molecule has 0 unspecified atom stereocenters. The smallest absolute Gasteiger partial charge is 0.223 e. The van der Waals surface area contributed by atoms with Gasteiger partial charge < -0.3 is 10.2 Å². The molecule has 1 saturated heterocycles. The second-order valence-corrected chi connectivity index (χ2v) is 5.91. The van der Waals surface area contributed by atoms with Gasteiger partial charge in [-0.2, -0.15) is 5.26 Å². The van der Waals surface area contributed by atoms with Crippen molar-refractivity contribution in [3.05, 3.63) is 24.0 Å². The van der Waals surface area contributed by atoms with Gasteiger partial charge >= 0.3 is 0 Å². The average Bonchev–Trinajstić information content (AvgIpc) is 2.46. The van der Waals surface area contributed by atoms with Gasteiger partial charge in [-0.3, -0.25) is 4.79 Å². The van der Waals surface area contributed by atoms with E-state index >= 15 is 0 Å². The van der Waals surface area contributed by atoms with E-state index in [-0.39, 0.29) is 11.8 Å². The molecular formula is C16H20N4O. The molecule has 1 aliphatic carbocycles. The number of hydrogen-bond acceptors (Lipinski definition) is 4. The molecule has 2 aliphatic rings. The van der Waals surface area contributed by atoms with Crippen molar-refractivity contribution in [2.45, 2.75) is 38.1 Å². The van der Waals surface area contributed by atoms with Crippen molar-refractivity contribution in [1.82, 2.24) is 10.3 Å². The number of amides is 1. The van der Waals surface area contributed by atoms with Crippen molar-refractivity contribution in [2.24, 2.45) is 5.92 Å². The Hall–Kier alpha value is -2.09. The number of aromatic nitrogens is 1. The summed E-state index contributed by atoms with van der Waals surface area (Å²) in [6, 6.07) is 6.03. The lowest BCUT2D eigenvalue weighted by atomic mass is 9.84. The number of nitrogens with zero attached hydrogens (tertiary/aromatic N) is 3. The molecule has 3 rings (SSSR count). The lowest BCUT2D eigenvalue weighted by molar-refractivity contribution is -0.128. The maximum absolute atomic E-state index is 12.0. The first-order chi connectivity index (χ1) is 10.3. The van der Waals surface area contributed by atoms with Crippen LogP contribution in [0.3, 0.4) is 0 Å². The second kappa shape index (κ2) is 6.13. The van der Waals surface area contributed by atoms with E-state index in [1.165, 1.54) is 6.42 Å². The predicted octanol–water partition coefficient (Wildman–Crippen LogP) is 1.84. The molecule has 5 heteroatoms. The zero-order valence-corrected chi connectivity index (χ0v) is 12.1. The van der Waals surface area contributed by atoms with Crippen molar-refractivity contribution in [1.29, 1.82) is 5.26 Å². The van der Waals surface area contributed by atoms with Crippen LogP contribution in [-0.2, 0) is 4.79 Å². The Kier molecular flexibility index (Phi) is 4.05. The van der Waals surface area contributed by atoms with Crippen LogP contribution in [0.25, 0.3) is 0 Å². The molecule has 2 fully saturated rings. The Morgan fingerprint density at radius 2 is 2.05 bits per heavy atom. The van der Waals surface area contributed by atoms with Crippen molar-refractivity contribution < 1.29 is 4.79 Å². The van der Waals surface area contributed by atoms with E-state index < -0.39 is 0 Å². The van der Waals surface area contributed by atoms with Crippen LogP contribution in [0.4, 0.5) is 5.69 Å². The van der Waals surface area contributed by atoms with Crippen LogP contribution in [0, 0.1) is 17.2 Å². The Labute approximate surface area is 125 Å². The summed E-state index contributed by atoms with van der Waals surface area (Å²) in [6.07, 6.45) is 7.01. The van der Waals surface area contributed by atoms with E-state index in [4.69, 9.17) is 5.26 Å². The molecule has 1 aromatic rings. The molecule has 5 nitrogen and oxygen atoms in total.